The summed E-state index contributed by atoms with van der Waals surface area (Å²) in [5.74, 6) is -1.10. The number of carboxylic acids is 1. The van der Waals surface area contributed by atoms with E-state index in [0.29, 0.717) is 10.2 Å². The molecule has 0 aliphatic carbocycles. The molecule has 1 heterocycles. The molecule has 8 nitrogen and oxygen atoms in total. The largest absolute Gasteiger partial charge is 0.477 e. The number of carbonyl (C=O) groups is 1. The molecule has 1 aromatic heterocycles. The van der Waals surface area contributed by atoms with Crippen LogP contribution in [-0.4, -0.2) is 26.0 Å². The molecule has 2 aromatic rings. The highest BCUT2D eigenvalue weighted by Gasteiger charge is 2.14. The summed E-state index contributed by atoms with van der Waals surface area (Å²) in [5.41, 5.74) is 0.0114. The van der Waals surface area contributed by atoms with Gasteiger partial charge in [-0.25, -0.2) is 9.78 Å². The molecule has 0 atom stereocenters. The molecule has 0 aliphatic rings. The number of nitro groups is 1. The minimum absolute atomic E-state index is 0.117. The Bertz CT molecular complexity index is 735. The maximum Gasteiger partial charge on any atom is 0.354 e. The van der Waals surface area contributed by atoms with E-state index in [0.717, 1.165) is 0 Å². The summed E-state index contributed by atoms with van der Waals surface area (Å²) >= 11 is 3.18. The summed E-state index contributed by atoms with van der Waals surface area (Å²) in [6.45, 7) is 1.59. The van der Waals surface area contributed by atoms with Crippen molar-refractivity contribution < 1.29 is 19.6 Å². The Hall–Kier alpha value is -2.55. The van der Waals surface area contributed by atoms with E-state index >= 15 is 0 Å². The van der Waals surface area contributed by atoms with Gasteiger partial charge in [-0.3, -0.25) is 10.1 Å². The minimum Gasteiger partial charge on any atom is -0.477 e. The second-order valence-corrected chi connectivity index (χ2v) is 4.81. The first-order valence-electron chi connectivity index (χ1n) is 5.57. The second kappa shape index (κ2) is 5.83. The number of carboxylic acid groups (broad SMARTS) is 1. The first-order valence-corrected chi connectivity index (χ1v) is 6.37. The average Bonchev–Trinajstić information content (AvgIpc) is 2.40. The van der Waals surface area contributed by atoms with Crippen molar-refractivity contribution in [2.45, 2.75) is 6.92 Å². The van der Waals surface area contributed by atoms with Crippen molar-refractivity contribution in [3.8, 4) is 11.8 Å². The van der Waals surface area contributed by atoms with Crippen molar-refractivity contribution >= 4 is 27.6 Å². The lowest BCUT2D eigenvalue weighted by molar-refractivity contribution is -0.384. The van der Waals surface area contributed by atoms with Crippen LogP contribution in [0.2, 0.25) is 0 Å². The number of nitro benzene ring substituents is 1. The second-order valence-electron chi connectivity index (χ2n) is 3.96. The van der Waals surface area contributed by atoms with Crippen molar-refractivity contribution in [1.29, 1.82) is 0 Å². The molecule has 1 N–H and O–H groups in total. The Kier molecular flexibility index (Phi) is 4.13. The zero-order chi connectivity index (χ0) is 15.6. The van der Waals surface area contributed by atoms with Gasteiger partial charge in [0.15, 0.2) is 11.4 Å². The summed E-state index contributed by atoms with van der Waals surface area (Å²) in [6.07, 6.45) is 0. The Morgan fingerprint density at radius 2 is 2.10 bits per heavy atom. The lowest BCUT2D eigenvalue weighted by atomic mass is 10.3. The standard InChI is InChI=1S/C12H8BrN3O5/c1-6-4-9(11(17)18)15-12(14-6)21-10-5-7(16(19)20)2-3-8(10)13/h2-5H,1H3,(H,17,18). The van der Waals surface area contributed by atoms with Crippen LogP contribution in [0.5, 0.6) is 11.8 Å². The predicted octanol–water partition coefficient (Wildman–Crippen LogP) is 2.95. The molecule has 0 fully saturated rings. The monoisotopic (exact) mass is 353 g/mol. The van der Waals surface area contributed by atoms with Crippen LogP contribution in [0.15, 0.2) is 28.7 Å². The van der Waals surface area contributed by atoms with Crippen molar-refractivity contribution in [1.82, 2.24) is 9.97 Å². The quantitative estimate of drug-likeness (QED) is 0.663. The van der Waals surface area contributed by atoms with Crippen molar-refractivity contribution in [3.63, 3.8) is 0 Å². The summed E-state index contributed by atoms with van der Waals surface area (Å²) < 4.78 is 5.79. The van der Waals surface area contributed by atoms with Crippen LogP contribution in [-0.2, 0) is 0 Å². The average molecular weight is 354 g/mol. The van der Waals surface area contributed by atoms with E-state index in [4.69, 9.17) is 9.84 Å². The van der Waals surface area contributed by atoms with E-state index in [1.165, 1.54) is 24.3 Å². The SMILES string of the molecule is Cc1cc(C(=O)O)nc(Oc2cc([N+](=O)[O-])ccc2Br)n1. The van der Waals surface area contributed by atoms with Gasteiger partial charge in [0.1, 0.15) is 0 Å². The fourth-order valence-electron chi connectivity index (χ4n) is 1.48. The van der Waals surface area contributed by atoms with E-state index in [1.54, 1.807) is 6.92 Å². The summed E-state index contributed by atoms with van der Waals surface area (Å²) in [5, 5.41) is 19.7. The third kappa shape index (κ3) is 3.51. The van der Waals surface area contributed by atoms with Crippen LogP contribution < -0.4 is 4.74 Å². The molecule has 0 bridgehead atoms. The number of rotatable bonds is 4. The van der Waals surface area contributed by atoms with Gasteiger partial charge in [-0.1, -0.05) is 0 Å². The number of aromatic nitrogens is 2. The molecular weight excluding hydrogens is 346 g/mol. The highest BCUT2D eigenvalue weighted by atomic mass is 79.9. The van der Waals surface area contributed by atoms with E-state index < -0.39 is 10.9 Å². The lowest BCUT2D eigenvalue weighted by Gasteiger charge is -2.07. The zero-order valence-corrected chi connectivity index (χ0v) is 12.2. The predicted molar refractivity (Wildman–Crippen MR) is 74.6 cm³/mol. The Morgan fingerprint density at radius 1 is 1.38 bits per heavy atom. The third-order valence-electron chi connectivity index (χ3n) is 2.38. The molecule has 0 amide bonds. The van der Waals surface area contributed by atoms with Crippen molar-refractivity contribution in [2.75, 3.05) is 0 Å². The van der Waals surface area contributed by atoms with E-state index in [9.17, 15) is 14.9 Å². The molecule has 21 heavy (non-hydrogen) atoms. The van der Waals surface area contributed by atoms with Gasteiger partial charge in [-0.2, -0.15) is 4.98 Å². The number of non-ortho nitro benzene ring substituents is 1. The van der Waals surface area contributed by atoms with Crippen molar-refractivity contribution in [3.05, 3.63) is 50.2 Å². The Morgan fingerprint density at radius 3 is 2.71 bits per heavy atom. The van der Waals surface area contributed by atoms with E-state index in [1.807, 2.05) is 0 Å². The third-order valence-corrected chi connectivity index (χ3v) is 3.03. The fraction of sp³-hybridized carbons (Fsp3) is 0.0833. The minimum atomic E-state index is -1.22. The fourth-order valence-corrected chi connectivity index (χ4v) is 1.81. The normalized spacial score (nSPS) is 10.2. The van der Waals surface area contributed by atoms with Crippen LogP contribution in [0.3, 0.4) is 0 Å². The summed E-state index contributed by atoms with van der Waals surface area (Å²) in [4.78, 5) is 28.8. The van der Waals surface area contributed by atoms with Gasteiger partial charge < -0.3 is 9.84 Å². The van der Waals surface area contributed by atoms with Gasteiger partial charge in [0, 0.05) is 11.8 Å². The van der Waals surface area contributed by atoms with Crippen molar-refractivity contribution in [2.24, 2.45) is 0 Å². The zero-order valence-electron chi connectivity index (χ0n) is 10.6. The lowest BCUT2D eigenvalue weighted by Crippen LogP contribution is -2.04. The molecular formula is C12H8BrN3O5. The van der Waals surface area contributed by atoms with Gasteiger partial charge in [0.05, 0.1) is 15.5 Å². The topological polar surface area (TPSA) is 115 Å². The molecule has 1 aromatic carbocycles. The van der Waals surface area contributed by atoms with Gasteiger partial charge >= 0.3 is 12.0 Å². The highest BCUT2D eigenvalue weighted by Crippen LogP contribution is 2.31. The molecule has 0 spiro atoms. The van der Waals surface area contributed by atoms with Gasteiger partial charge in [0.25, 0.3) is 5.69 Å². The number of nitrogens with zero attached hydrogens (tertiary/aromatic N) is 3. The maximum absolute atomic E-state index is 10.9. The maximum atomic E-state index is 10.9. The first-order chi connectivity index (χ1) is 9.86. The van der Waals surface area contributed by atoms with Crippen LogP contribution in [0.4, 0.5) is 5.69 Å². The number of hydrogen-bond acceptors (Lipinski definition) is 6. The number of ether oxygens (including phenoxy) is 1. The first kappa shape index (κ1) is 14.9. The number of aromatic carboxylic acids is 1. The van der Waals surface area contributed by atoms with Crippen LogP contribution in [0, 0.1) is 17.0 Å². The highest BCUT2D eigenvalue weighted by molar-refractivity contribution is 9.10. The molecule has 0 saturated heterocycles. The Labute approximate surface area is 126 Å². The number of aryl methyl sites for hydroxylation is 1. The number of hydrogen-bond donors (Lipinski definition) is 1. The number of halogens is 1. The van der Waals surface area contributed by atoms with E-state index in [-0.39, 0.29) is 23.1 Å². The Balaban J connectivity index is 2.40. The molecule has 0 aliphatic heterocycles. The van der Waals surface area contributed by atoms with Crippen LogP contribution >= 0.6 is 15.9 Å². The van der Waals surface area contributed by atoms with E-state index in [2.05, 4.69) is 25.9 Å². The molecule has 108 valence electrons. The van der Waals surface area contributed by atoms with Gasteiger partial charge in [0.2, 0.25) is 0 Å². The molecule has 2 rings (SSSR count). The molecule has 9 heteroatoms. The van der Waals surface area contributed by atoms with Gasteiger partial charge in [-0.15, -0.1) is 0 Å². The summed E-state index contributed by atoms with van der Waals surface area (Å²) in [7, 11) is 0. The van der Waals surface area contributed by atoms with Crippen LogP contribution in [0.25, 0.3) is 0 Å². The smallest absolute Gasteiger partial charge is 0.354 e. The molecule has 0 unspecified atom stereocenters. The van der Waals surface area contributed by atoms with Gasteiger partial charge in [-0.05, 0) is 35.0 Å². The van der Waals surface area contributed by atoms with Crippen LogP contribution in [0.1, 0.15) is 16.2 Å². The summed E-state index contributed by atoms with van der Waals surface area (Å²) in [6, 6.07) is 5.03. The molecule has 0 saturated carbocycles. The molecule has 0 radical (unpaired) electrons. The number of benzene rings is 1.